The van der Waals surface area contributed by atoms with E-state index in [1.807, 2.05) is 0 Å². The summed E-state index contributed by atoms with van der Waals surface area (Å²) in [4.78, 5) is 12.7. The van der Waals surface area contributed by atoms with Crippen molar-refractivity contribution in [1.82, 2.24) is 4.72 Å². The van der Waals surface area contributed by atoms with E-state index in [9.17, 15) is 18.0 Å². The van der Waals surface area contributed by atoms with Gasteiger partial charge in [0.15, 0.2) is 0 Å². The predicted molar refractivity (Wildman–Crippen MR) is 88.2 cm³/mol. The fraction of sp³-hybridized carbons (Fsp3) is 0.824. The van der Waals surface area contributed by atoms with Crippen LogP contribution < -0.4 is 4.72 Å². The molecule has 4 fully saturated rings. The summed E-state index contributed by atoms with van der Waals surface area (Å²) < 4.78 is 41.3. The van der Waals surface area contributed by atoms with Gasteiger partial charge in [0.1, 0.15) is 0 Å². The van der Waals surface area contributed by atoms with Gasteiger partial charge in [0, 0.05) is 5.92 Å². The van der Waals surface area contributed by atoms with Crippen molar-refractivity contribution in [2.24, 2.45) is 39.4 Å². The molecule has 4 saturated carbocycles. The maximum atomic E-state index is 13.0. The zero-order valence-corrected chi connectivity index (χ0v) is 14.8. The number of amides is 1. The van der Waals surface area contributed by atoms with Crippen LogP contribution in [0.15, 0.2) is 0 Å². The Labute approximate surface area is 135 Å². The van der Waals surface area contributed by atoms with Crippen LogP contribution in [-0.2, 0) is 4.79 Å². The van der Waals surface area contributed by atoms with Gasteiger partial charge >= 0.3 is 5.51 Å². The highest BCUT2D eigenvalue weighted by atomic mass is 32.2. The molecular weight excluding hydrogens is 323 g/mol. The van der Waals surface area contributed by atoms with Crippen molar-refractivity contribution in [3.05, 3.63) is 0 Å². The molecule has 2 nitrogen and oxygen atoms in total. The van der Waals surface area contributed by atoms with Crippen LogP contribution in [0.2, 0.25) is 0 Å². The van der Waals surface area contributed by atoms with Crippen molar-refractivity contribution in [2.45, 2.75) is 46.0 Å². The van der Waals surface area contributed by atoms with Gasteiger partial charge in [0.2, 0.25) is 5.91 Å². The van der Waals surface area contributed by atoms with Gasteiger partial charge in [-0.05, 0) is 55.7 Å². The van der Waals surface area contributed by atoms with Crippen molar-refractivity contribution in [3.63, 3.8) is 0 Å². The Hall–Kier alpha value is -0.650. The lowest BCUT2D eigenvalue weighted by Gasteiger charge is -2.26. The van der Waals surface area contributed by atoms with E-state index in [1.54, 1.807) is 0 Å². The van der Waals surface area contributed by atoms with Gasteiger partial charge in [-0.2, -0.15) is 13.2 Å². The predicted octanol–water partition coefficient (Wildman–Crippen LogP) is 3.91. The summed E-state index contributed by atoms with van der Waals surface area (Å²) in [6.45, 7) is 8.87. The van der Waals surface area contributed by atoms with Crippen molar-refractivity contribution in [1.29, 1.82) is 0 Å². The minimum atomic E-state index is -4.57. The van der Waals surface area contributed by atoms with Crippen LogP contribution in [-0.4, -0.2) is 23.2 Å². The third-order valence-electron chi connectivity index (χ3n) is 8.21. The first-order chi connectivity index (χ1) is 10.2. The maximum Gasteiger partial charge on any atom is 0.447 e. The highest BCUT2D eigenvalue weighted by Crippen LogP contribution is 3.02. The van der Waals surface area contributed by atoms with E-state index in [0.717, 1.165) is 12.8 Å². The van der Waals surface area contributed by atoms with Crippen LogP contribution in [0, 0.1) is 39.4 Å². The lowest BCUT2D eigenvalue weighted by molar-refractivity contribution is -0.125. The molecule has 5 atom stereocenters. The van der Waals surface area contributed by atoms with Crippen LogP contribution in [0.4, 0.5) is 13.2 Å². The molecule has 130 valence electrons. The maximum absolute atomic E-state index is 13.0. The minimum absolute atomic E-state index is 0.0476. The highest BCUT2D eigenvalue weighted by molar-refractivity contribution is 8.27. The van der Waals surface area contributed by atoms with Crippen molar-refractivity contribution >= 4 is 27.0 Å². The molecule has 6 heteroatoms. The minimum Gasteiger partial charge on any atom is -0.305 e. The third-order valence-corrected chi connectivity index (χ3v) is 9.69. The zero-order chi connectivity index (χ0) is 17.4. The summed E-state index contributed by atoms with van der Waals surface area (Å²) in [5.74, 6) is 6.63. The van der Waals surface area contributed by atoms with Crippen molar-refractivity contribution in [2.75, 3.05) is 0 Å². The van der Waals surface area contributed by atoms with Crippen LogP contribution in [0.3, 0.4) is 0 Å². The number of nitrogens with one attached hydrogen (secondary N) is 1. The number of rotatable bonds is 2. The Morgan fingerprint density at radius 3 is 2.17 bits per heavy atom. The highest BCUT2D eigenvalue weighted by Gasteiger charge is 2.98. The molecule has 5 unspecified atom stereocenters. The van der Waals surface area contributed by atoms with Gasteiger partial charge in [-0.15, -0.1) is 0 Å². The Morgan fingerprint density at radius 2 is 1.70 bits per heavy atom. The zero-order valence-electron chi connectivity index (χ0n) is 14.0. The fourth-order valence-electron chi connectivity index (χ4n) is 7.01. The lowest BCUT2D eigenvalue weighted by atomic mass is 9.84. The molecule has 1 N–H and O–H groups in total. The van der Waals surface area contributed by atoms with E-state index in [0.29, 0.717) is 11.8 Å². The van der Waals surface area contributed by atoms with Crippen molar-refractivity contribution < 1.29 is 18.0 Å². The molecule has 0 saturated heterocycles. The number of hydrogen-bond acceptors (Lipinski definition) is 1. The van der Waals surface area contributed by atoms with Crippen LogP contribution in [0.5, 0.6) is 0 Å². The number of carbonyl (C=O) groups excluding carboxylic acids is 1. The molecule has 0 heterocycles. The monoisotopic (exact) mass is 347 g/mol. The Morgan fingerprint density at radius 1 is 1.13 bits per heavy atom. The van der Waals surface area contributed by atoms with E-state index in [-0.39, 0.29) is 27.6 Å². The standard InChI is InChI=1S/C17H24F3NOS/c1-13(2)10-11-14(3,4)16(11)8-15(10,13)7-9(16)12(22)21-23(5,6)17(18,19)20/h9-11H,5-8H2,1-4H3,(H,21,22). The number of carbonyl (C=O) groups is 1. The fourth-order valence-corrected chi connectivity index (χ4v) is 7.65. The van der Waals surface area contributed by atoms with Crippen LogP contribution in [0.25, 0.3) is 0 Å². The normalized spacial score (nSPS) is 47.7. The molecule has 4 aliphatic rings. The van der Waals surface area contributed by atoms with E-state index in [4.69, 9.17) is 0 Å². The number of hydrogen-bond donors (Lipinski definition) is 1. The molecule has 2 spiro atoms. The number of alkyl halides is 3. The second-order valence-corrected chi connectivity index (χ2v) is 11.8. The molecule has 1 amide bonds. The third kappa shape index (κ3) is 1.37. The summed E-state index contributed by atoms with van der Waals surface area (Å²) in [6.07, 6.45) is 1.72. The average molecular weight is 347 g/mol. The Kier molecular flexibility index (Phi) is 2.40. The summed E-state index contributed by atoms with van der Waals surface area (Å²) in [5.41, 5.74) is -4.24. The summed E-state index contributed by atoms with van der Waals surface area (Å²) in [7, 11) is -3.63. The second kappa shape index (κ2) is 3.49. The smallest absolute Gasteiger partial charge is 0.305 e. The van der Waals surface area contributed by atoms with Gasteiger partial charge in [-0.25, -0.2) is 0 Å². The summed E-state index contributed by atoms with van der Waals surface area (Å²) in [5, 5.41) is 0. The molecule has 0 radical (unpaired) electrons. The molecule has 4 rings (SSSR count). The van der Waals surface area contributed by atoms with E-state index < -0.39 is 20.8 Å². The number of halogens is 3. The van der Waals surface area contributed by atoms with Gasteiger partial charge in [-0.1, -0.05) is 39.4 Å². The molecule has 2 bridgehead atoms. The van der Waals surface area contributed by atoms with Gasteiger partial charge in [0.25, 0.3) is 0 Å². The summed E-state index contributed by atoms with van der Waals surface area (Å²) in [6, 6.07) is 0. The number of fused-ring (bicyclic) bond motifs is 1. The van der Waals surface area contributed by atoms with Gasteiger partial charge in [-0.3, -0.25) is 4.79 Å². The largest absolute Gasteiger partial charge is 0.447 e. The Balaban J connectivity index is 1.65. The first-order valence-electron chi connectivity index (χ1n) is 8.04. The van der Waals surface area contributed by atoms with E-state index in [1.165, 1.54) is 0 Å². The second-order valence-electron chi connectivity index (χ2n) is 9.32. The van der Waals surface area contributed by atoms with E-state index >= 15 is 0 Å². The first-order valence-corrected chi connectivity index (χ1v) is 10.0. The quantitative estimate of drug-likeness (QED) is 0.754. The van der Waals surface area contributed by atoms with Crippen molar-refractivity contribution in [3.8, 4) is 0 Å². The van der Waals surface area contributed by atoms with Gasteiger partial charge < -0.3 is 4.72 Å². The van der Waals surface area contributed by atoms with Crippen LogP contribution in [0.1, 0.15) is 40.5 Å². The Bertz CT molecular complexity index is 735. The van der Waals surface area contributed by atoms with Crippen LogP contribution >= 0.6 is 9.39 Å². The SMILES string of the molecule is C=S(=C)(NC(=O)C1CC23CC14C(C2C3(C)C)C4(C)C)C(F)(F)F. The molecule has 0 aromatic rings. The van der Waals surface area contributed by atoms with E-state index in [2.05, 4.69) is 44.2 Å². The van der Waals surface area contributed by atoms with Gasteiger partial charge in [0.05, 0.1) is 0 Å². The molecule has 0 aromatic carbocycles. The topological polar surface area (TPSA) is 29.1 Å². The molecule has 0 aromatic heterocycles. The lowest BCUT2D eigenvalue weighted by Crippen LogP contribution is -2.36. The average Bonchev–Trinajstić information content (AvgIpc) is 2.89. The first kappa shape index (κ1) is 15.9. The molecular formula is C17H24F3NOS. The molecule has 23 heavy (non-hydrogen) atoms. The molecule has 0 aliphatic heterocycles. The molecule has 4 aliphatic carbocycles. The summed E-state index contributed by atoms with van der Waals surface area (Å²) >= 11 is 0.